The van der Waals surface area contributed by atoms with Crippen LogP contribution >= 0.6 is 0 Å². The number of carboxylic acid groups (broad SMARTS) is 1. The number of hydrogen-bond acceptors (Lipinski definition) is 3. The minimum absolute atomic E-state index is 0. The molecule has 0 fully saturated rings. The Balaban J connectivity index is 0.00000121. The molecule has 0 bridgehead atoms. The van der Waals surface area contributed by atoms with Crippen LogP contribution < -0.4 is 34.7 Å². The van der Waals surface area contributed by atoms with Crippen molar-refractivity contribution < 1.29 is 49.7 Å². The van der Waals surface area contributed by atoms with E-state index in [0.717, 1.165) is 6.07 Å². The Morgan fingerprint density at radius 3 is 2.42 bits per heavy atom. The van der Waals surface area contributed by atoms with E-state index in [1.807, 2.05) is 0 Å². The Hall–Kier alpha value is -0.710. The summed E-state index contributed by atoms with van der Waals surface area (Å²) < 4.78 is 0. The van der Waals surface area contributed by atoms with Crippen molar-refractivity contribution in [1.29, 1.82) is 0 Å². The maximum absolute atomic E-state index is 10.6. The van der Waals surface area contributed by atoms with Gasteiger partial charge in [-0.05, 0) is 6.07 Å². The monoisotopic (exact) mass is 176 g/mol. The molecule has 4 nitrogen and oxygen atoms in total. The average Bonchev–Trinajstić information content (AvgIpc) is 1.94. The van der Waals surface area contributed by atoms with Crippen molar-refractivity contribution in [3.8, 4) is 11.5 Å². The van der Waals surface area contributed by atoms with E-state index in [-0.39, 0.29) is 35.1 Å². The van der Waals surface area contributed by atoms with Gasteiger partial charge < -0.3 is 15.3 Å². The molecule has 0 amide bonds. The minimum atomic E-state index is -1.31. The third-order valence-corrected chi connectivity index (χ3v) is 1.23. The zero-order valence-electron chi connectivity index (χ0n) is 6.44. The molecule has 0 saturated carbocycles. The van der Waals surface area contributed by atoms with E-state index in [0.29, 0.717) is 0 Å². The van der Waals surface area contributed by atoms with Crippen LogP contribution in [0.2, 0.25) is 0 Å². The molecular formula is C7H5NaO4. The number of hydrogen-bond donors (Lipinski definition) is 2. The van der Waals surface area contributed by atoms with Crippen LogP contribution in [-0.4, -0.2) is 16.2 Å². The van der Waals surface area contributed by atoms with Crippen molar-refractivity contribution in [2.45, 2.75) is 0 Å². The van der Waals surface area contributed by atoms with Crippen molar-refractivity contribution in [1.82, 2.24) is 0 Å². The Labute approximate surface area is 90.8 Å². The number of aromatic hydroxyl groups is 1. The van der Waals surface area contributed by atoms with Crippen LogP contribution in [0.1, 0.15) is 10.4 Å². The molecule has 2 N–H and O–H groups in total. The number of aromatic carboxylic acids is 1. The molecule has 0 radical (unpaired) electrons. The van der Waals surface area contributed by atoms with Crippen molar-refractivity contribution in [3.05, 3.63) is 23.8 Å². The molecule has 0 spiro atoms. The quantitative estimate of drug-likeness (QED) is 0.452. The van der Waals surface area contributed by atoms with Crippen molar-refractivity contribution >= 4 is 5.97 Å². The molecule has 0 heterocycles. The largest absolute Gasteiger partial charge is 1.00 e. The molecule has 0 unspecified atom stereocenters. The molecule has 1 rings (SSSR count). The molecule has 0 aliphatic rings. The van der Waals surface area contributed by atoms with Crippen LogP contribution in [0.3, 0.4) is 0 Å². The van der Waals surface area contributed by atoms with Crippen molar-refractivity contribution in [3.63, 3.8) is 0 Å². The van der Waals surface area contributed by atoms with Crippen molar-refractivity contribution in [2.75, 3.05) is 0 Å². The maximum Gasteiger partial charge on any atom is 1.00 e. The number of carboxylic acids is 1. The second-order valence-electron chi connectivity index (χ2n) is 1.96. The summed E-state index contributed by atoms with van der Waals surface area (Å²) in [4.78, 5) is 10.3. The van der Waals surface area contributed by atoms with Gasteiger partial charge in [0.15, 0.2) is 0 Å². The Morgan fingerprint density at radius 2 is 2.00 bits per heavy atom. The fourth-order valence-corrected chi connectivity index (χ4v) is 0.695. The fraction of sp³-hybridized carbons (Fsp3) is 0. The first-order valence-electron chi connectivity index (χ1n) is 2.85. The second-order valence-corrected chi connectivity index (χ2v) is 1.96. The van der Waals surface area contributed by atoms with E-state index >= 15 is 0 Å². The van der Waals surface area contributed by atoms with Gasteiger partial charge in [-0.25, -0.2) is 4.79 Å². The summed E-state index contributed by atoms with van der Waals surface area (Å²) >= 11 is 0. The fourth-order valence-electron chi connectivity index (χ4n) is 0.695. The first-order valence-corrected chi connectivity index (χ1v) is 2.85. The van der Waals surface area contributed by atoms with E-state index in [1.54, 1.807) is 0 Å². The van der Waals surface area contributed by atoms with E-state index in [1.165, 1.54) is 12.1 Å². The van der Waals surface area contributed by atoms with Crippen molar-refractivity contribution in [2.24, 2.45) is 0 Å². The van der Waals surface area contributed by atoms with Crippen LogP contribution in [0.5, 0.6) is 11.5 Å². The summed E-state index contributed by atoms with van der Waals surface area (Å²) in [6.45, 7) is 0. The van der Waals surface area contributed by atoms with Gasteiger partial charge in [0.2, 0.25) is 0 Å². The Bertz CT molecular complexity index is 297. The van der Waals surface area contributed by atoms with Gasteiger partial charge in [-0.2, -0.15) is 0 Å². The average molecular weight is 176 g/mol. The number of phenols is 1. The predicted octanol–water partition coefficient (Wildman–Crippen LogP) is -2.83. The van der Waals surface area contributed by atoms with Crippen LogP contribution in [0.4, 0.5) is 0 Å². The molecule has 58 valence electrons. The van der Waals surface area contributed by atoms with Crippen LogP contribution in [-0.2, 0) is 0 Å². The number of carbonyl (C=O) groups is 1. The summed E-state index contributed by atoms with van der Waals surface area (Å²) in [5, 5.41) is 27.9. The summed E-state index contributed by atoms with van der Waals surface area (Å²) in [5.74, 6) is -2.69. The van der Waals surface area contributed by atoms with Gasteiger partial charge in [-0.1, -0.05) is 17.9 Å². The molecule has 5 heteroatoms. The molecule has 0 saturated heterocycles. The minimum Gasteiger partial charge on any atom is -0.870 e. The molecular weight excluding hydrogens is 171 g/mol. The number of benzene rings is 1. The molecule has 12 heavy (non-hydrogen) atoms. The molecule has 0 aromatic heterocycles. The topological polar surface area (TPSA) is 80.6 Å². The molecule has 0 aliphatic heterocycles. The van der Waals surface area contributed by atoms with Gasteiger partial charge in [-0.3, -0.25) is 0 Å². The predicted molar refractivity (Wildman–Crippen MR) is 34.5 cm³/mol. The summed E-state index contributed by atoms with van der Waals surface area (Å²) in [6.07, 6.45) is 0. The second kappa shape index (κ2) is 4.35. The van der Waals surface area contributed by atoms with Gasteiger partial charge in [0.25, 0.3) is 0 Å². The first kappa shape index (κ1) is 11.3. The third kappa shape index (κ3) is 2.14. The van der Waals surface area contributed by atoms with Gasteiger partial charge in [0.1, 0.15) is 11.3 Å². The summed E-state index contributed by atoms with van der Waals surface area (Å²) in [7, 11) is 0. The maximum atomic E-state index is 10.6. The van der Waals surface area contributed by atoms with Gasteiger partial charge in [0, 0.05) is 0 Å². The van der Waals surface area contributed by atoms with Gasteiger partial charge in [-0.15, -0.1) is 0 Å². The van der Waals surface area contributed by atoms with E-state index in [2.05, 4.69) is 0 Å². The summed E-state index contributed by atoms with van der Waals surface area (Å²) in [6, 6.07) is 3.55. The zero-order chi connectivity index (χ0) is 8.43. The Kier molecular flexibility index (Phi) is 4.09. The smallest absolute Gasteiger partial charge is 0.870 e. The van der Waals surface area contributed by atoms with Crippen LogP contribution in [0.25, 0.3) is 0 Å². The first-order chi connectivity index (χ1) is 5.13. The SMILES string of the molecule is O=C(O)c1cccc([O-])c1O.[Na+]. The zero-order valence-corrected chi connectivity index (χ0v) is 8.44. The van der Waals surface area contributed by atoms with E-state index in [9.17, 15) is 9.90 Å². The van der Waals surface area contributed by atoms with E-state index < -0.39 is 17.5 Å². The molecule has 0 atom stereocenters. The van der Waals surface area contributed by atoms with Gasteiger partial charge >= 0.3 is 35.5 Å². The number of para-hydroxylation sites is 1. The van der Waals surface area contributed by atoms with Crippen LogP contribution in [0.15, 0.2) is 18.2 Å². The van der Waals surface area contributed by atoms with E-state index in [4.69, 9.17) is 10.2 Å². The third-order valence-electron chi connectivity index (χ3n) is 1.23. The number of rotatable bonds is 1. The molecule has 1 aromatic carbocycles. The van der Waals surface area contributed by atoms with Gasteiger partial charge in [0.05, 0.1) is 0 Å². The summed E-state index contributed by atoms with van der Waals surface area (Å²) in [5.41, 5.74) is -0.363. The van der Waals surface area contributed by atoms with Crippen LogP contribution in [0, 0.1) is 0 Å². The standard InChI is InChI=1S/C7H6O4.Na/c8-5-3-1-2-4(6(5)9)7(10)11;/h1-3,8-9H,(H,10,11);/q;+1/p-1. The Morgan fingerprint density at radius 1 is 1.42 bits per heavy atom. The molecule has 0 aliphatic carbocycles. The molecule has 1 aromatic rings. The normalized spacial score (nSPS) is 8.67.